The van der Waals surface area contributed by atoms with E-state index >= 15 is 0 Å². The smallest absolute Gasteiger partial charge is 0.343 e. The lowest BCUT2D eigenvalue weighted by atomic mass is 10.2. The summed E-state index contributed by atoms with van der Waals surface area (Å²) in [6.45, 7) is 5.26. The number of nitrogens with zero attached hydrogens (tertiary/aromatic N) is 1. The van der Waals surface area contributed by atoms with Gasteiger partial charge in [0.1, 0.15) is 24.7 Å². The molecule has 0 aliphatic carbocycles. The van der Waals surface area contributed by atoms with E-state index in [4.69, 9.17) is 14.2 Å². The van der Waals surface area contributed by atoms with Crippen molar-refractivity contribution >= 4 is 17.6 Å². The molecule has 27 heavy (non-hydrogen) atoms. The second kappa shape index (κ2) is 9.14. The predicted molar refractivity (Wildman–Crippen MR) is 95.8 cm³/mol. The van der Waals surface area contributed by atoms with Crippen LogP contribution < -0.4 is 9.47 Å². The molecule has 140 valence electrons. The fraction of sp³-hybridized carbons (Fsp3) is 0.158. The van der Waals surface area contributed by atoms with Crippen molar-refractivity contribution in [3.05, 3.63) is 76.4 Å². The third kappa shape index (κ3) is 5.96. The molecule has 0 amide bonds. The summed E-state index contributed by atoms with van der Waals surface area (Å²) in [7, 11) is 0. The van der Waals surface area contributed by atoms with E-state index in [1.54, 1.807) is 19.1 Å². The summed E-state index contributed by atoms with van der Waals surface area (Å²) in [5, 5.41) is 10.6. The van der Waals surface area contributed by atoms with Crippen LogP contribution in [0.1, 0.15) is 17.3 Å². The highest BCUT2D eigenvalue weighted by Crippen LogP contribution is 2.19. The molecular weight excluding hydrogens is 354 g/mol. The van der Waals surface area contributed by atoms with Gasteiger partial charge in [-0.25, -0.2) is 9.59 Å². The molecule has 0 bridgehead atoms. The maximum atomic E-state index is 12.1. The van der Waals surface area contributed by atoms with Crippen LogP contribution in [-0.2, 0) is 9.53 Å². The first-order chi connectivity index (χ1) is 12.9. The fourth-order valence-electron chi connectivity index (χ4n) is 1.91. The molecule has 8 nitrogen and oxygen atoms in total. The van der Waals surface area contributed by atoms with Crippen molar-refractivity contribution in [2.24, 2.45) is 0 Å². The Hall–Kier alpha value is -3.68. The number of nitro benzene ring substituents is 1. The van der Waals surface area contributed by atoms with Gasteiger partial charge in [0.15, 0.2) is 0 Å². The molecule has 0 heterocycles. The summed E-state index contributed by atoms with van der Waals surface area (Å²) in [4.78, 5) is 33.4. The van der Waals surface area contributed by atoms with Gasteiger partial charge in [0.05, 0.1) is 10.5 Å². The quantitative estimate of drug-likeness (QED) is 0.175. The highest BCUT2D eigenvalue weighted by atomic mass is 16.6. The minimum absolute atomic E-state index is 0.0790. The molecule has 0 saturated carbocycles. The van der Waals surface area contributed by atoms with E-state index in [0.29, 0.717) is 11.3 Å². The van der Waals surface area contributed by atoms with Crippen LogP contribution in [0, 0.1) is 10.1 Å². The van der Waals surface area contributed by atoms with Gasteiger partial charge in [0, 0.05) is 17.7 Å². The average Bonchev–Trinajstić information content (AvgIpc) is 2.65. The van der Waals surface area contributed by atoms with E-state index < -0.39 is 16.9 Å². The second-order valence-electron chi connectivity index (χ2n) is 5.43. The highest BCUT2D eigenvalue weighted by Gasteiger charge is 2.11. The molecule has 0 spiro atoms. The average molecular weight is 371 g/mol. The molecule has 0 aromatic heterocycles. The summed E-state index contributed by atoms with van der Waals surface area (Å²) in [5.41, 5.74) is 0.505. The van der Waals surface area contributed by atoms with Crippen molar-refractivity contribution < 1.29 is 28.7 Å². The first-order valence-electron chi connectivity index (χ1n) is 7.89. The predicted octanol–water partition coefficient (Wildman–Crippen LogP) is 3.31. The maximum absolute atomic E-state index is 12.1. The molecule has 0 saturated heterocycles. The van der Waals surface area contributed by atoms with Crippen molar-refractivity contribution in [1.29, 1.82) is 0 Å². The summed E-state index contributed by atoms with van der Waals surface area (Å²) in [6.07, 6.45) is 0. The molecule has 0 atom stereocenters. The second-order valence-corrected chi connectivity index (χ2v) is 5.43. The van der Waals surface area contributed by atoms with Crippen LogP contribution >= 0.6 is 0 Å². The minimum atomic E-state index is -0.606. The van der Waals surface area contributed by atoms with Gasteiger partial charge in [-0.2, -0.15) is 0 Å². The summed E-state index contributed by atoms with van der Waals surface area (Å²) in [6, 6.07) is 11.4. The van der Waals surface area contributed by atoms with E-state index in [2.05, 4.69) is 6.58 Å². The van der Waals surface area contributed by atoms with Gasteiger partial charge in [0.25, 0.3) is 5.69 Å². The van der Waals surface area contributed by atoms with E-state index in [9.17, 15) is 19.7 Å². The van der Waals surface area contributed by atoms with Crippen LogP contribution in [0.2, 0.25) is 0 Å². The first-order valence-corrected chi connectivity index (χ1v) is 7.89. The van der Waals surface area contributed by atoms with Crippen molar-refractivity contribution in [2.75, 3.05) is 13.2 Å². The van der Waals surface area contributed by atoms with Crippen LogP contribution in [0.4, 0.5) is 5.69 Å². The number of esters is 2. The Balaban J connectivity index is 1.85. The molecular formula is C19H17NO7. The Labute approximate surface area is 155 Å². The molecule has 0 unspecified atom stereocenters. The molecule has 2 aromatic rings. The normalized spacial score (nSPS) is 9.96. The lowest BCUT2D eigenvalue weighted by Crippen LogP contribution is -2.12. The van der Waals surface area contributed by atoms with E-state index in [1.807, 2.05) is 0 Å². The number of benzene rings is 2. The van der Waals surface area contributed by atoms with Crippen molar-refractivity contribution in [1.82, 2.24) is 0 Å². The molecule has 0 N–H and O–H groups in total. The topological polar surface area (TPSA) is 105 Å². The van der Waals surface area contributed by atoms with Gasteiger partial charge in [-0.15, -0.1) is 0 Å². The third-order valence-corrected chi connectivity index (χ3v) is 3.28. The lowest BCUT2D eigenvalue weighted by Gasteiger charge is -2.08. The van der Waals surface area contributed by atoms with Crippen LogP contribution in [0.3, 0.4) is 0 Å². The number of carbonyl (C=O) groups excluding carboxylic acids is 2. The minimum Gasteiger partial charge on any atom is -0.490 e. The Bertz CT molecular complexity index is 841. The Morgan fingerprint density at radius 3 is 2.15 bits per heavy atom. The van der Waals surface area contributed by atoms with E-state index in [1.165, 1.54) is 36.4 Å². The number of hydrogen-bond donors (Lipinski definition) is 0. The SMILES string of the molecule is C=C(C)C(=O)OCCOc1ccc(C(=O)Oc2ccc([N+](=O)[O-])cc2)cc1. The molecule has 2 aromatic carbocycles. The molecule has 2 rings (SSSR count). The first kappa shape index (κ1) is 19.6. The number of carbonyl (C=O) groups is 2. The maximum Gasteiger partial charge on any atom is 0.343 e. The summed E-state index contributed by atoms with van der Waals surface area (Å²) >= 11 is 0. The van der Waals surface area contributed by atoms with Crippen molar-refractivity contribution in [2.45, 2.75) is 6.92 Å². The monoisotopic (exact) mass is 371 g/mol. The standard InChI is InChI=1S/C19H17NO7/c1-13(2)18(21)26-12-11-25-16-7-3-14(4-8-16)19(22)27-17-9-5-15(6-10-17)20(23)24/h3-10H,1,11-12H2,2H3. The largest absolute Gasteiger partial charge is 0.490 e. The fourth-order valence-corrected chi connectivity index (χ4v) is 1.91. The van der Waals surface area contributed by atoms with Crippen LogP contribution in [0.5, 0.6) is 11.5 Å². The summed E-state index contributed by atoms with van der Waals surface area (Å²) in [5.74, 6) is -0.396. The molecule has 0 aliphatic rings. The molecule has 0 fully saturated rings. The van der Waals surface area contributed by atoms with E-state index in [-0.39, 0.29) is 30.2 Å². The zero-order chi connectivity index (χ0) is 19.8. The molecule has 0 aliphatic heterocycles. The number of rotatable bonds is 8. The Morgan fingerprint density at radius 1 is 1.00 bits per heavy atom. The third-order valence-electron chi connectivity index (χ3n) is 3.28. The highest BCUT2D eigenvalue weighted by molar-refractivity contribution is 5.91. The Kier molecular flexibility index (Phi) is 6.65. The number of hydrogen-bond acceptors (Lipinski definition) is 7. The van der Waals surface area contributed by atoms with Gasteiger partial charge in [-0.1, -0.05) is 6.58 Å². The van der Waals surface area contributed by atoms with Gasteiger partial charge in [0.2, 0.25) is 0 Å². The van der Waals surface area contributed by atoms with Crippen LogP contribution in [-0.4, -0.2) is 30.1 Å². The number of nitro groups is 1. The Morgan fingerprint density at radius 2 is 1.59 bits per heavy atom. The number of non-ortho nitro benzene ring substituents is 1. The zero-order valence-corrected chi connectivity index (χ0v) is 14.5. The summed E-state index contributed by atoms with van der Waals surface area (Å²) < 4.78 is 15.5. The van der Waals surface area contributed by atoms with Crippen molar-refractivity contribution in [3.63, 3.8) is 0 Å². The van der Waals surface area contributed by atoms with Gasteiger partial charge >= 0.3 is 11.9 Å². The van der Waals surface area contributed by atoms with Crippen LogP contribution in [0.15, 0.2) is 60.7 Å². The number of ether oxygens (including phenoxy) is 3. The van der Waals surface area contributed by atoms with Crippen LogP contribution in [0.25, 0.3) is 0 Å². The lowest BCUT2D eigenvalue weighted by molar-refractivity contribution is -0.384. The zero-order valence-electron chi connectivity index (χ0n) is 14.5. The van der Waals surface area contributed by atoms with Gasteiger partial charge in [-0.05, 0) is 43.3 Å². The molecule has 8 heteroatoms. The van der Waals surface area contributed by atoms with E-state index in [0.717, 1.165) is 0 Å². The van der Waals surface area contributed by atoms with Gasteiger partial charge in [-0.3, -0.25) is 10.1 Å². The van der Waals surface area contributed by atoms with Gasteiger partial charge < -0.3 is 14.2 Å². The molecule has 0 radical (unpaired) electrons. The van der Waals surface area contributed by atoms with Crippen molar-refractivity contribution in [3.8, 4) is 11.5 Å².